The average molecular weight is 310 g/mol. The predicted molar refractivity (Wildman–Crippen MR) is 82.4 cm³/mol. The van der Waals surface area contributed by atoms with Gasteiger partial charge in [-0.05, 0) is 45.4 Å². The van der Waals surface area contributed by atoms with Crippen molar-refractivity contribution in [2.24, 2.45) is 5.92 Å². The third kappa shape index (κ3) is 4.39. The number of amides is 1. The van der Waals surface area contributed by atoms with Gasteiger partial charge in [0.15, 0.2) is 0 Å². The summed E-state index contributed by atoms with van der Waals surface area (Å²) in [5.74, 6) is -0.637. The van der Waals surface area contributed by atoms with E-state index in [0.717, 1.165) is 18.4 Å². The number of nitrogens with one attached hydrogen (secondary N) is 2. The van der Waals surface area contributed by atoms with Gasteiger partial charge in [0.1, 0.15) is 11.6 Å². The molecule has 2 rings (SSSR count). The summed E-state index contributed by atoms with van der Waals surface area (Å²) in [5.41, 5.74) is 0.448. The van der Waals surface area contributed by atoms with Gasteiger partial charge < -0.3 is 20.5 Å². The fraction of sp³-hybridized carbons (Fsp3) is 0.750. The first-order chi connectivity index (χ1) is 10.3. The lowest BCUT2D eigenvalue weighted by atomic mass is 9.80. The Morgan fingerprint density at radius 2 is 2.09 bits per heavy atom. The molecule has 0 aromatic rings. The van der Waals surface area contributed by atoms with E-state index >= 15 is 0 Å². The molecule has 0 bridgehead atoms. The van der Waals surface area contributed by atoms with Crippen LogP contribution in [0.4, 0.5) is 4.79 Å². The minimum atomic E-state index is -1.04. The molecule has 1 amide bonds. The highest BCUT2D eigenvalue weighted by Crippen LogP contribution is 2.35. The summed E-state index contributed by atoms with van der Waals surface area (Å²) >= 11 is 0. The van der Waals surface area contributed by atoms with Crippen molar-refractivity contribution in [3.63, 3.8) is 0 Å². The van der Waals surface area contributed by atoms with E-state index in [-0.39, 0.29) is 0 Å². The van der Waals surface area contributed by atoms with Gasteiger partial charge in [0.05, 0.1) is 0 Å². The van der Waals surface area contributed by atoms with Gasteiger partial charge in [0.25, 0.3) is 0 Å². The molecule has 3 unspecified atom stereocenters. The van der Waals surface area contributed by atoms with Crippen molar-refractivity contribution >= 4 is 12.1 Å². The highest BCUT2D eigenvalue weighted by Gasteiger charge is 2.34. The smallest absolute Gasteiger partial charge is 0.408 e. The van der Waals surface area contributed by atoms with E-state index in [1.165, 1.54) is 12.8 Å². The second-order valence-electron chi connectivity index (χ2n) is 7.12. The Bertz CT molecular complexity index is 467. The quantitative estimate of drug-likeness (QED) is 0.742. The van der Waals surface area contributed by atoms with E-state index in [2.05, 4.69) is 10.6 Å². The third-order valence-electron chi connectivity index (χ3n) is 4.15. The molecule has 1 aliphatic heterocycles. The van der Waals surface area contributed by atoms with E-state index in [0.29, 0.717) is 18.4 Å². The predicted octanol–water partition coefficient (Wildman–Crippen LogP) is 2.40. The van der Waals surface area contributed by atoms with Crippen LogP contribution in [0.25, 0.3) is 0 Å². The van der Waals surface area contributed by atoms with Gasteiger partial charge in [0, 0.05) is 18.4 Å². The van der Waals surface area contributed by atoms with Gasteiger partial charge in [-0.25, -0.2) is 9.59 Å². The van der Waals surface area contributed by atoms with Crippen LogP contribution in [0.1, 0.15) is 52.9 Å². The normalized spacial score (nSPS) is 25.5. The van der Waals surface area contributed by atoms with Crippen molar-refractivity contribution in [1.29, 1.82) is 0 Å². The first-order valence-electron chi connectivity index (χ1n) is 7.93. The number of aliphatic carboxylic acids is 1. The van der Waals surface area contributed by atoms with Crippen LogP contribution in [0.15, 0.2) is 11.8 Å². The van der Waals surface area contributed by atoms with E-state index in [1.54, 1.807) is 20.8 Å². The molecule has 1 heterocycles. The lowest BCUT2D eigenvalue weighted by Gasteiger charge is -2.28. The first kappa shape index (κ1) is 16.6. The standard InChI is InChI=1S/C16H26N2O4/c1-16(2,3)22-15(21)18-13(14(19)20)8-10-9-17-12-7-5-4-6-11(10)12/h9,11-13,17H,4-8H2,1-3H3,(H,18,21)(H,19,20). The van der Waals surface area contributed by atoms with Crippen molar-refractivity contribution in [3.8, 4) is 0 Å². The summed E-state index contributed by atoms with van der Waals surface area (Å²) in [5, 5.41) is 15.2. The van der Waals surface area contributed by atoms with Gasteiger partial charge in [-0.1, -0.05) is 12.8 Å². The van der Waals surface area contributed by atoms with E-state index in [4.69, 9.17) is 4.74 Å². The Morgan fingerprint density at radius 3 is 2.73 bits per heavy atom. The molecule has 3 N–H and O–H groups in total. The molecule has 3 atom stereocenters. The topological polar surface area (TPSA) is 87.7 Å². The van der Waals surface area contributed by atoms with Crippen molar-refractivity contribution in [3.05, 3.63) is 11.8 Å². The molecular formula is C16H26N2O4. The number of hydrogen-bond acceptors (Lipinski definition) is 4. The van der Waals surface area contributed by atoms with Crippen molar-refractivity contribution in [2.75, 3.05) is 0 Å². The highest BCUT2D eigenvalue weighted by atomic mass is 16.6. The molecule has 2 aliphatic rings. The SMILES string of the molecule is CC(C)(C)OC(=O)NC(CC1=CNC2CCCCC12)C(=O)O. The Kier molecular flexibility index (Phi) is 4.98. The Hall–Kier alpha value is -1.72. The van der Waals surface area contributed by atoms with Crippen molar-refractivity contribution in [2.45, 2.75) is 70.6 Å². The largest absolute Gasteiger partial charge is 0.480 e. The molecular weight excluding hydrogens is 284 g/mol. The van der Waals surface area contributed by atoms with E-state index in [1.807, 2.05) is 6.20 Å². The van der Waals surface area contributed by atoms with Crippen LogP contribution < -0.4 is 10.6 Å². The monoisotopic (exact) mass is 310 g/mol. The summed E-state index contributed by atoms with van der Waals surface area (Å²) in [4.78, 5) is 23.2. The first-order valence-corrected chi connectivity index (χ1v) is 7.93. The summed E-state index contributed by atoms with van der Waals surface area (Å²) in [6, 6.07) is -0.525. The third-order valence-corrected chi connectivity index (χ3v) is 4.15. The van der Waals surface area contributed by atoms with Crippen LogP contribution in [-0.4, -0.2) is 34.9 Å². The minimum Gasteiger partial charge on any atom is -0.480 e. The zero-order valence-electron chi connectivity index (χ0n) is 13.5. The molecule has 124 valence electrons. The van der Waals surface area contributed by atoms with Crippen molar-refractivity contribution in [1.82, 2.24) is 10.6 Å². The van der Waals surface area contributed by atoms with Crippen LogP contribution in [0.3, 0.4) is 0 Å². The molecule has 6 heteroatoms. The summed E-state index contributed by atoms with van der Waals surface area (Å²) < 4.78 is 5.14. The van der Waals surface area contributed by atoms with Crippen LogP contribution in [0, 0.1) is 5.92 Å². The number of fused-ring (bicyclic) bond motifs is 1. The van der Waals surface area contributed by atoms with E-state index in [9.17, 15) is 14.7 Å². The Labute approximate surface area is 131 Å². The number of carbonyl (C=O) groups is 2. The van der Waals surface area contributed by atoms with Crippen LogP contribution >= 0.6 is 0 Å². The summed E-state index contributed by atoms with van der Waals surface area (Å²) in [6.07, 6.45) is 6.18. The summed E-state index contributed by atoms with van der Waals surface area (Å²) in [6.45, 7) is 5.25. The van der Waals surface area contributed by atoms with Gasteiger partial charge in [-0.2, -0.15) is 0 Å². The van der Waals surface area contributed by atoms with Crippen molar-refractivity contribution < 1.29 is 19.4 Å². The Balaban J connectivity index is 1.95. The molecule has 1 aliphatic carbocycles. The lowest BCUT2D eigenvalue weighted by Crippen LogP contribution is -2.44. The molecule has 0 spiro atoms. The Morgan fingerprint density at radius 1 is 1.41 bits per heavy atom. The fourth-order valence-electron chi connectivity index (χ4n) is 3.19. The number of ether oxygens (including phenoxy) is 1. The van der Waals surface area contributed by atoms with Gasteiger partial charge >= 0.3 is 12.1 Å². The number of carboxylic acid groups (broad SMARTS) is 1. The molecule has 6 nitrogen and oxygen atoms in total. The maximum absolute atomic E-state index is 11.8. The molecule has 22 heavy (non-hydrogen) atoms. The maximum atomic E-state index is 11.8. The number of hydrogen-bond donors (Lipinski definition) is 3. The minimum absolute atomic E-state index is 0.322. The number of alkyl carbamates (subject to hydrolysis) is 1. The van der Waals surface area contributed by atoms with E-state index < -0.39 is 23.7 Å². The lowest BCUT2D eigenvalue weighted by molar-refractivity contribution is -0.139. The maximum Gasteiger partial charge on any atom is 0.408 e. The second-order valence-corrected chi connectivity index (χ2v) is 7.12. The molecule has 0 radical (unpaired) electrons. The zero-order chi connectivity index (χ0) is 16.3. The summed E-state index contributed by atoms with van der Waals surface area (Å²) in [7, 11) is 0. The highest BCUT2D eigenvalue weighted by molar-refractivity contribution is 5.80. The van der Waals surface area contributed by atoms with Crippen LogP contribution in [0.2, 0.25) is 0 Å². The average Bonchev–Trinajstić information content (AvgIpc) is 2.79. The molecule has 0 saturated heterocycles. The molecule has 1 fully saturated rings. The number of rotatable bonds is 4. The molecule has 0 aromatic carbocycles. The zero-order valence-corrected chi connectivity index (χ0v) is 13.5. The van der Waals surface area contributed by atoms with Crippen LogP contribution in [0.5, 0.6) is 0 Å². The van der Waals surface area contributed by atoms with Gasteiger partial charge in [-0.15, -0.1) is 0 Å². The number of carbonyl (C=O) groups excluding carboxylic acids is 1. The number of carboxylic acids is 1. The fourth-order valence-corrected chi connectivity index (χ4v) is 3.19. The molecule has 0 aromatic heterocycles. The second kappa shape index (κ2) is 6.58. The van der Waals surface area contributed by atoms with Crippen LogP contribution in [-0.2, 0) is 9.53 Å². The van der Waals surface area contributed by atoms with Gasteiger partial charge in [0.2, 0.25) is 0 Å². The van der Waals surface area contributed by atoms with Gasteiger partial charge in [-0.3, -0.25) is 0 Å². The molecule has 1 saturated carbocycles.